The standard InChI is InChI=1S/C12H14ClNO3/c1-3-12(15)8(2)6-9-4-5-10(14(16)17)7-11(9)13/h4-5,7-8H,3,6H2,1-2H3. The highest BCUT2D eigenvalue weighted by Crippen LogP contribution is 2.25. The third kappa shape index (κ3) is 3.53. The quantitative estimate of drug-likeness (QED) is 0.598. The molecular formula is C12H14ClNO3. The molecular weight excluding hydrogens is 242 g/mol. The number of rotatable bonds is 5. The lowest BCUT2D eigenvalue weighted by molar-refractivity contribution is -0.384. The first kappa shape index (κ1) is 13.6. The molecule has 0 aliphatic carbocycles. The van der Waals surface area contributed by atoms with Gasteiger partial charge >= 0.3 is 0 Å². The lowest BCUT2D eigenvalue weighted by atomic mass is 9.95. The molecule has 0 spiro atoms. The number of non-ortho nitro benzene ring substituents is 1. The van der Waals surface area contributed by atoms with Crippen LogP contribution in [-0.4, -0.2) is 10.7 Å². The maximum atomic E-state index is 11.5. The molecule has 0 aliphatic heterocycles. The molecule has 0 saturated carbocycles. The van der Waals surface area contributed by atoms with Crippen LogP contribution in [0.15, 0.2) is 18.2 Å². The summed E-state index contributed by atoms with van der Waals surface area (Å²) in [7, 11) is 0. The van der Waals surface area contributed by atoms with Crippen molar-refractivity contribution in [3.05, 3.63) is 38.9 Å². The Hall–Kier alpha value is -1.42. The van der Waals surface area contributed by atoms with Crippen molar-refractivity contribution in [3.8, 4) is 0 Å². The molecule has 0 bridgehead atoms. The molecule has 1 rings (SSSR count). The summed E-state index contributed by atoms with van der Waals surface area (Å²) < 4.78 is 0. The van der Waals surface area contributed by atoms with Crippen LogP contribution in [0.25, 0.3) is 0 Å². The summed E-state index contributed by atoms with van der Waals surface area (Å²) in [5.41, 5.74) is 0.736. The topological polar surface area (TPSA) is 60.2 Å². The normalized spacial score (nSPS) is 12.2. The van der Waals surface area contributed by atoms with Crippen molar-refractivity contribution in [2.75, 3.05) is 0 Å². The van der Waals surface area contributed by atoms with E-state index in [0.717, 1.165) is 5.56 Å². The number of nitrogens with zero attached hydrogens (tertiary/aromatic N) is 1. The second-order valence-corrected chi connectivity index (χ2v) is 4.37. The van der Waals surface area contributed by atoms with Crippen molar-refractivity contribution in [2.45, 2.75) is 26.7 Å². The van der Waals surface area contributed by atoms with Gasteiger partial charge in [-0.15, -0.1) is 0 Å². The van der Waals surface area contributed by atoms with E-state index >= 15 is 0 Å². The molecule has 1 unspecified atom stereocenters. The fourth-order valence-corrected chi connectivity index (χ4v) is 1.86. The van der Waals surface area contributed by atoms with Gasteiger partial charge in [0.1, 0.15) is 5.78 Å². The summed E-state index contributed by atoms with van der Waals surface area (Å²) in [6.07, 6.45) is 1.01. The first-order valence-corrected chi connectivity index (χ1v) is 5.79. The Morgan fingerprint density at radius 1 is 1.53 bits per heavy atom. The minimum Gasteiger partial charge on any atom is -0.299 e. The van der Waals surface area contributed by atoms with E-state index in [1.807, 2.05) is 13.8 Å². The molecule has 0 radical (unpaired) electrons. The first-order chi connectivity index (χ1) is 7.95. The molecule has 92 valence electrons. The molecule has 0 aromatic heterocycles. The zero-order valence-corrected chi connectivity index (χ0v) is 10.5. The third-order valence-electron chi connectivity index (χ3n) is 2.67. The molecule has 1 aromatic carbocycles. The second kappa shape index (κ2) is 5.77. The minimum atomic E-state index is -0.490. The van der Waals surface area contributed by atoms with Gasteiger partial charge in [0.15, 0.2) is 0 Å². The number of benzene rings is 1. The Bertz CT molecular complexity index is 445. The van der Waals surface area contributed by atoms with Crippen LogP contribution >= 0.6 is 11.6 Å². The summed E-state index contributed by atoms with van der Waals surface area (Å²) in [5.74, 6) is 0.0541. The summed E-state index contributed by atoms with van der Waals surface area (Å²) in [6, 6.07) is 4.34. The van der Waals surface area contributed by atoms with E-state index in [0.29, 0.717) is 17.9 Å². The number of carbonyl (C=O) groups excluding carboxylic acids is 1. The molecule has 1 aromatic rings. The number of nitro benzene ring substituents is 1. The van der Waals surface area contributed by atoms with E-state index in [1.54, 1.807) is 6.07 Å². The van der Waals surface area contributed by atoms with Gasteiger partial charge in [-0.1, -0.05) is 31.5 Å². The Kier molecular flexibility index (Phi) is 4.63. The van der Waals surface area contributed by atoms with Gasteiger partial charge in [-0.3, -0.25) is 14.9 Å². The number of hydrogen-bond donors (Lipinski definition) is 0. The fraction of sp³-hybridized carbons (Fsp3) is 0.417. The second-order valence-electron chi connectivity index (χ2n) is 3.96. The average molecular weight is 256 g/mol. The van der Waals surface area contributed by atoms with Gasteiger partial charge in [-0.25, -0.2) is 0 Å². The number of carbonyl (C=O) groups is 1. The number of ketones is 1. The highest BCUT2D eigenvalue weighted by atomic mass is 35.5. The van der Waals surface area contributed by atoms with Crippen molar-refractivity contribution >= 4 is 23.1 Å². The average Bonchev–Trinajstić information content (AvgIpc) is 2.30. The van der Waals surface area contributed by atoms with Gasteiger partial charge in [0.05, 0.1) is 9.95 Å². The van der Waals surface area contributed by atoms with Gasteiger partial charge in [0, 0.05) is 24.5 Å². The van der Waals surface area contributed by atoms with Crippen molar-refractivity contribution in [1.29, 1.82) is 0 Å². The van der Waals surface area contributed by atoms with Gasteiger partial charge in [-0.2, -0.15) is 0 Å². The highest BCUT2D eigenvalue weighted by Gasteiger charge is 2.15. The summed E-state index contributed by atoms with van der Waals surface area (Å²) in [5, 5.41) is 10.9. The van der Waals surface area contributed by atoms with Gasteiger partial charge in [-0.05, 0) is 12.0 Å². The molecule has 1 atom stereocenters. The summed E-state index contributed by atoms with van der Waals surface area (Å²) >= 11 is 5.95. The number of nitro groups is 1. The Labute approximate surface area is 105 Å². The van der Waals surface area contributed by atoms with E-state index in [4.69, 9.17) is 11.6 Å². The van der Waals surface area contributed by atoms with Crippen LogP contribution in [0, 0.1) is 16.0 Å². The first-order valence-electron chi connectivity index (χ1n) is 5.41. The van der Waals surface area contributed by atoms with Crippen molar-refractivity contribution in [1.82, 2.24) is 0 Å². The van der Waals surface area contributed by atoms with Crippen LogP contribution in [0.4, 0.5) is 5.69 Å². The molecule has 0 N–H and O–H groups in total. The number of Topliss-reactive ketones (excluding diaryl/α,β-unsaturated/α-hetero) is 1. The Morgan fingerprint density at radius 2 is 2.18 bits per heavy atom. The largest absolute Gasteiger partial charge is 0.299 e. The van der Waals surface area contributed by atoms with Crippen LogP contribution < -0.4 is 0 Å². The van der Waals surface area contributed by atoms with Gasteiger partial charge < -0.3 is 0 Å². The molecule has 5 heteroatoms. The van der Waals surface area contributed by atoms with Crippen molar-refractivity contribution in [3.63, 3.8) is 0 Å². The van der Waals surface area contributed by atoms with Crippen molar-refractivity contribution < 1.29 is 9.72 Å². The number of hydrogen-bond acceptors (Lipinski definition) is 3. The van der Waals surface area contributed by atoms with Crippen LogP contribution in [0.2, 0.25) is 5.02 Å². The third-order valence-corrected chi connectivity index (χ3v) is 3.02. The lowest BCUT2D eigenvalue weighted by Crippen LogP contribution is -2.12. The van der Waals surface area contributed by atoms with E-state index in [9.17, 15) is 14.9 Å². The lowest BCUT2D eigenvalue weighted by Gasteiger charge is -2.10. The molecule has 0 aliphatic rings. The smallest absolute Gasteiger partial charge is 0.270 e. The zero-order chi connectivity index (χ0) is 13.0. The number of halogens is 1. The molecule has 4 nitrogen and oxygen atoms in total. The molecule has 0 fully saturated rings. The van der Waals surface area contributed by atoms with E-state index in [1.165, 1.54) is 12.1 Å². The maximum Gasteiger partial charge on any atom is 0.270 e. The summed E-state index contributed by atoms with van der Waals surface area (Å²) in [4.78, 5) is 21.5. The van der Waals surface area contributed by atoms with Gasteiger partial charge in [0.2, 0.25) is 0 Å². The van der Waals surface area contributed by atoms with E-state index in [-0.39, 0.29) is 17.4 Å². The minimum absolute atomic E-state index is 0.0341. The summed E-state index contributed by atoms with van der Waals surface area (Å²) in [6.45, 7) is 3.65. The van der Waals surface area contributed by atoms with E-state index < -0.39 is 4.92 Å². The molecule has 0 heterocycles. The molecule has 0 amide bonds. The monoisotopic (exact) mass is 255 g/mol. The van der Waals surface area contributed by atoms with Gasteiger partial charge in [0.25, 0.3) is 5.69 Å². The van der Waals surface area contributed by atoms with Crippen LogP contribution in [0.5, 0.6) is 0 Å². The maximum absolute atomic E-state index is 11.5. The SMILES string of the molecule is CCC(=O)C(C)Cc1ccc([N+](=O)[O-])cc1Cl. The molecule has 17 heavy (non-hydrogen) atoms. The Morgan fingerprint density at radius 3 is 2.65 bits per heavy atom. The van der Waals surface area contributed by atoms with Crippen LogP contribution in [0.1, 0.15) is 25.8 Å². The molecule has 0 saturated heterocycles. The predicted molar refractivity (Wildman–Crippen MR) is 66.3 cm³/mol. The van der Waals surface area contributed by atoms with Crippen LogP contribution in [0.3, 0.4) is 0 Å². The van der Waals surface area contributed by atoms with Crippen molar-refractivity contribution in [2.24, 2.45) is 5.92 Å². The van der Waals surface area contributed by atoms with E-state index in [2.05, 4.69) is 0 Å². The zero-order valence-electron chi connectivity index (χ0n) is 9.77. The van der Waals surface area contributed by atoms with Crippen LogP contribution in [-0.2, 0) is 11.2 Å². The predicted octanol–water partition coefficient (Wildman–Crippen LogP) is 3.41. The fourth-order valence-electron chi connectivity index (χ4n) is 1.61. The highest BCUT2D eigenvalue weighted by molar-refractivity contribution is 6.31. The Balaban J connectivity index is 2.86.